The van der Waals surface area contributed by atoms with Crippen molar-refractivity contribution in [3.8, 4) is 0 Å². The minimum atomic E-state index is 0.889. The highest BCUT2D eigenvalue weighted by atomic mass is 16.1. The summed E-state index contributed by atoms with van der Waals surface area (Å²) in [6.07, 6.45) is 4.84. The summed E-state index contributed by atoms with van der Waals surface area (Å²) >= 11 is 0. The highest BCUT2D eigenvalue weighted by molar-refractivity contribution is 5.83. The van der Waals surface area contributed by atoms with Gasteiger partial charge in [0.25, 0.3) is 0 Å². The van der Waals surface area contributed by atoms with Crippen LogP contribution in [0.15, 0.2) is 23.8 Å². The van der Waals surface area contributed by atoms with Gasteiger partial charge in [-0.2, -0.15) is 0 Å². The van der Waals surface area contributed by atoms with Crippen LogP contribution in [0.25, 0.3) is 6.08 Å². The molecule has 1 aliphatic carbocycles. The molecule has 1 aromatic rings. The Morgan fingerprint density at radius 2 is 2.15 bits per heavy atom. The summed E-state index contributed by atoms with van der Waals surface area (Å²) in [5, 5.41) is 0. The van der Waals surface area contributed by atoms with E-state index >= 15 is 0 Å². The summed E-state index contributed by atoms with van der Waals surface area (Å²) in [6.45, 7) is 2.10. The maximum absolute atomic E-state index is 10.6. The first kappa shape index (κ1) is 8.24. The van der Waals surface area contributed by atoms with Crippen LogP contribution in [0.3, 0.4) is 0 Å². The minimum absolute atomic E-state index is 0.889. The third-order valence-electron chi connectivity index (χ3n) is 2.47. The number of aryl methyl sites for hydroxylation is 2. The molecule has 0 amide bonds. The number of carbonyl (C=O) groups excluding carboxylic acids is 1. The topological polar surface area (TPSA) is 17.1 Å². The third kappa shape index (κ3) is 1.55. The van der Waals surface area contributed by atoms with Crippen LogP contribution in [0, 0.1) is 6.92 Å². The van der Waals surface area contributed by atoms with Crippen molar-refractivity contribution in [3.05, 3.63) is 40.5 Å². The molecule has 0 N–H and O–H groups in total. The predicted octanol–water partition coefficient (Wildman–Crippen LogP) is 2.52. The van der Waals surface area contributed by atoms with Gasteiger partial charge in [-0.25, -0.2) is 0 Å². The van der Waals surface area contributed by atoms with Gasteiger partial charge in [0.2, 0.25) is 0 Å². The largest absolute Gasteiger partial charge is 0.298 e. The fourth-order valence-corrected chi connectivity index (χ4v) is 1.74. The Morgan fingerprint density at radius 3 is 2.92 bits per heavy atom. The van der Waals surface area contributed by atoms with Crippen molar-refractivity contribution in [1.29, 1.82) is 0 Å². The molecule has 0 bridgehead atoms. The molecule has 0 aliphatic heterocycles. The Morgan fingerprint density at radius 1 is 1.31 bits per heavy atom. The lowest BCUT2D eigenvalue weighted by atomic mass is 9.92. The second kappa shape index (κ2) is 3.17. The highest BCUT2D eigenvalue weighted by Crippen LogP contribution is 2.23. The number of aldehydes is 1. The lowest BCUT2D eigenvalue weighted by Crippen LogP contribution is -2.00. The van der Waals surface area contributed by atoms with E-state index in [-0.39, 0.29) is 0 Å². The summed E-state index contributed by atoms with van der Waals surface area (Å²) < 4.78 is 0. The zero-order valence-corrected chi connectivity index (χ0v) is 7.71. The van der Waals surface area contributed by atoms with E-state index in [1.54, 1.807) is 0 Å². The quantitative estimate of drug-likeness (QED) is 0.595. The molecule has 0 fully saturated rings. The molecule has 0 heterocycles. The van der Waals surface area contributed by atoms with Gasteiger partial charge in [0.1, 0.15) is 6.29 Å². The molecule has 0 unspecified atom stereocenters. The van der Waals surface area contributed by atoms with E-state index in [9.17, 15) is 4.79 Å². The molecule has 13 heavy (non-hydrogen) atoms. The normalized spacial score (nSPS) is 14.7. The Bertz CT molecular complexity index is 375. The maximum Gasteiger partial charge on any atom is 0.146 e. The Labute approximate surface area is 78.1 Å². The van der Waals surface area contributed by atoms with E-state index in [4.69, 9.17) is 0 Å². The first-order chi connectivity index (χ1) is 6.29. The van der Waals surface area contributed by atoms with Crippen LogP contribution in [0.5, 0.6) is 0 Å². The van der Waals surface area contributed by atoms with Crippen molar-refractivity contribution in [2.45, 2.75) is 19.8 Å². The second-order valence-corrected chi connectivity index (χ2v) is 3.54. The highest BCUT2D eigenvalue weighted by Gasteiger charge is 2.08. The van der Waals surface area contributed by atoms with Gasteiger partial charge in [-0.05, 0) is 42.5 Å². The number of allylic oxidation sites excluding steroid dienone is 1. The number of hydrogen-bond acceptors (Lipinski definition) is 1. The number of benzene rings is 1. The number of rotatable bonds is 1. The summed E-state index contributed by atoms with van der Waals surface area (Å²) in [4.78, 5) is 10.6. The summed E-state index contributed by atoms with van der Waals surface area (Å²) in [5.74, 6) is 0. The molecular weight excluding hydrogens is 160 g/mol. The molecule has 1 nitrogen and oxygen atoms in total. The zero-order valence-electron chi connectivity index (χ0n) is 7.71. The van der Waals surface area contributed by atoms with Gasteiger partial charge in [0, 0.05) is 0 Å². The van der Waals surface area contributed by atoms with Gasteiger partial charge >= 0.3 is 0 Å². The van der Waals surface area contributed by atoms with E-state index in [0.717, 1.165) is 24.7 Å². The van der Waals surface area contributed by atoms with E-state index in [0.29, 0.717) is 0 Å². The van der Waals surface area contributed by atoms with Crippen LogP contribution in [0.1, 0.15) is 23.1 Å². The molecule has 0 saturated heterocycles. The smallest absolute Gasteiger partial charge is 0.146 e. The molecule has 2 rings (SSSR count). The van der Waals surface area contributed by atoms with Crippen molar-refractivity contribution in [1.82, 2.24) is 0 Å². The Kier molecular flexibility index (Phi) is 2.01. The first-order valence-electron chi connectivity index (χ1n) is 4.55. The van der Waals surface area contributed by atoms with Crippen LogP contribution in [-0.2, 0) is 11.2 Å². The van der Waals surface area contributed by atoms with Crippen molar-refractivity contribution >= 4 is 12.4 Å². The third-order valence-corrected chi connectivity index (χ3v) is 2.47. The number of fused-ring (bicyclic) bond motifs is 1. The minimum Gasteiger partial charge on any atom is -0.298 e. The SMILES string of the molecule is Cc1ccc2c(c1)CCC(C=O)=C2. The molecule has 0 aromatic heterocycles. The van der Waals surface area contributed by atoms with Gasteiger partial charge in [0.05, 0.1) is 0 Å². The van der Waals surface area contributed by atoms with Crippen molar-refractivity contribution < 1.29 is 4.79 Å². The van der Waals surface area contributed by atoms with E-state index in [2.05, 4.69) is 25.1 Å². The van der Waals surface area contributed by atoms with Gasteiger partial charge in [-0.3, -0.25) is 4.79 Å². The Balaban J connectivity index is 2.48. The molecule has 1 heteroatoms. The van der Waals surface area contributed by atoms with Crippen molar-refractivity contribution in [2.75, 3.05) is 0 Å². The molecule has 1 aromatic carbocycles. The average Bonchev–Trinajstić information content (AvgIpc) is 2.17. The zero-order chi connectivity index (χ0) is 9.26. The molecular formula is C12H12O. The van der Waals surface area contributed by atoms with Crippen LogP contribution in [0.4, 0.5) is 0 Å². The molecule has 0 spiro atoms. The summed E-state index contributed by atoms with van der Waals surface area (Å²) in [7, 11) is 0. The second-order valence-electron chi connectivity index (χ2n) is 3.54. The molecule has 0 atom stereocenters. The van der Waals surface area contributed by atoms with Gasteiger partial charge in [-0.15, -0.1) is 0 Å². The fourth-order valence-electron chi connectivity index (χ4n) is 1.74. The lowest BCUT2D eigenvalue weighted by molar-refractivity contribution is -0.105. The molecule has 0 radical (unpaired) electrons. The number of carbonyl (C=O) groups is 1. The molecule has 0 saturated carbocycles. The van der Waals surface area contributed by atoms with Crippen LogP contribution < -0.4 is 0 Å². The van der Waals surface area contributed by atoms with E-state index in [1.165, 1.54) is 16.7 Å². The Hall–Kier alpha value is -1.37. The predicted molar refractivity (Wildman–Crippen MR) is 53.5 cm³/mol. The first-order valence-corrected chi connectivity index (χ1v) is 4.55. The van der Waals surface area contributed by atoms with Crippen molar-refractivity contribution in [3.63, 3.8) is 0 Å². The average molecular weight is 172 g/mol. The molecule has 1 aliphatic rings. The number of hydrogen-bond donors (Lipinski definition) is 0. The van der Waals surface area contributed by atoms with E-state index < -0.39 is 0 Å². The summed E-state index contributed by atoms with van der Waals surface area (Å²) in [6, 6.07) is 6.38. The maximum atomic E-state index is 10.6. The van der Waals surface area contributed by atoms with Crippen LogP contribution in [-0.4, -0.2) is 6.29 Å². The summed E-state index contributed by atoms with van der Waals surface area (Å²) in [5.41, 5.74) is 4.78. The van der Waals surface area contributed by atoms with E-state index in [1.807, 2.05) is 6.08 Å². The van der Waals surface area contributed by atoms with Gasteiger partial charge in [-0.1, -0.05) is 23.8 Å². The molecule has 66 valence electrons. The van der Waals surface area contributed by atoms with Crippen LogP contribution >= 0.6 is 0 Å². The fraction of sp³-hybridized carbons (Fsp3) is 0.250. The van der Waals surface area contributed by atoms with Gasteiger partial charge in [0.15, 0.2) is 0 Å². The standard InChI is InChI=1S/C12H12O/c1-9-2-4-12-7-10(8-13)3-5-11(12)6-9/h2,4,6-8H,3,5H2,1H3. The van der Waals surface area contributed by atoms with Crippen LogP contribution in [0.2, 0.25) is 0 Å². The lowest BCUT2D eigenvalue weighted by Gasteiger charge is -2.13. The van der Waals surface area contributed by atoms with Crippen molar-refractivity contribution in [2.24, 2.45) is 0 Å². The van der Waals surface area contributed by atoms with Gasteiger partial charge < -0.3 is 0 Å². The monoisotopic (exact) mass is 172 g/mol.